The number of aryl methyl sites for hydroxylation is 1. The van der Waals surface area contributed by atoms with Crippen molar-refractivity contribution in [2.75, 3.05) is 5.01 Å². The largest absolute Gasteiger partial charge is 0.460 e. The Balaban J connectivity index is 2.02. The molecule has 38 heavy (non-hydrogen) atoms. The van der Waals surface area contributed by atoms with Crippen molar-refractivity contribution in [3.63, 3.8) is 0 Å². The number of carbonyl (C=O) groups excluding carboxylic acids is 1. The van der Waals surface area contributed by atoms with Crippen molar-refractivity contribution in [2.24, 2.45) is 5.10 Å². The van der Waals surface area contributed by atoms with Crippen molar-refractivity contribution in [1.82, 2.24) is 4.57 Å². The Labute approximate surface area is 214 Å². The van der Waals surface area contributed by atoms with Gasteiger partial charge in [-0.3, -0.25) is 4.79 Å². The molecule has 0 fully saturated rings. The minimum Gasteiger partial charge on any atom is -0.341 e. The summed E-state index contributed by atoms with van der Waals surface area (Å²) in [5.41, 5.74) is -0.710. The molecular weight excluding hydrogens is 515 g/mol. The summed E-state index contributed by atoms with van der Waals surface area (Å²) in [6.07, 6.45) is -4.95. The third-order valence-corrected chi connectivity index (χ3v) is 6.77. The molecule has 1 amide bonds. The van der Waals surface area contributed by atoms with Crippen molar-refractivity contribution in [3.8, 4) is 0 Å². The fourth-order valence-corrected chi connectivity index (χ4v) is 4.60. The zero-order valence-corrected chi connectivity index (χ0v) is 20.9. The van der Waals surface area contributed by atoms with Gasteiger partial charge in [-0.2, -0.15) is 40.8 Å². The van der Waals surface area contributed by atoms with Crippen LogP contribution >= 0.6 is 0 Å². The van der Waals surface area contributed by atoms with Gasteiger partial charge in [-0.05, 0) is 51.0 Å². The van der Waals surface area contributed by atoms with Crippen LogP contribution < -0.4 is 5.01 Å². The predicted molar refractivity (Wildman–Crippen MR) is 132 cm³/mol. The number of benzene rings is 2. The maximum Gasteiger partial charge on any atom is 0.460 e. The van der Waals surface area contributed by atoms with Crippen LogP contribution in [0.15, 0.2) is 59.2 Å². The lowest BCUT2D eigenvalue weighted by atomic mass is 9.96. The first kappa shape index (κ1) is 27.4. The van der Waals surface area contributed by atoms with Crippen molar-refractivity contribution in [2.45, 2.75) is 58.2 Å². The molecule has 2 aromatic carbocycles. The van der Waals surface area contributed by atoms with Gasteiger partial charge in [-0.15, -0.1) is 0 Å². The van der Waals surface area contributed by atoms with Crippen LogP contribution in [0.1, 0.15) is 43.1 Å². The summed E-state index contributed by atoms with van der Waals surface area (Å²) in [6, 6.07) is 12.2. The van der Waals surface area contributed by atoms with E-state index in [-0.39, 0.29) is 17.3 Å². The highest BCUT2D eigenvalue weighted by Gasteiger charge is 2.76. The molecule has 0 saturated carbocycles. The Bertz CT molecular complexity index is 1450. The Kier molecular flexibility index (Phi) is 6.70. The average molecular weight is 539 g/mol. The molecule has 0 radical (unpaired) electrons. The van der Waals surface area contributed by atoms with Gasteiger partial charge in [0, 0.05) is 22.7 Å². The van der Waals surface area contributed by atoms with Gasteiger partial charge in [-0.25, -0.2) is 0 Å². The maximum absolute atomic E-state index is 15.1. The normalized spacial score (nSPS) is 17.0. The van der Waals surface area contributed by atoms with Crippen LogP contribution in [0.3, 0.4) is 0 Å². The molecule has 3 aromatic rings. The van der Waals surface area contributed by atoms with Crippen LogP contribution in [-0.2, 0) is 4.79 Å². The number of hydrogen-bond donors (Lipinski definition) is 0. The summed E-state index contributed by atoms with van der Waals surface area (Å²) < 4.78 is 99.6. The number of anilines is 1. The van der Waals surface area contributed by atoms with E-state index in [2.05, 4.69) is 5.10 Å². The highest BCUT2D eigenvalue weighted by molar-refractivity contribution is 6.35. The Morgan fingerprint density at radius 1 is 0.947 bits per heavy atom. The zero-order chi connectivity index (χ0) is 28.2. The van der Waals surface area contributed by atoms with E-state index in [9.17, 15) is 26.7 Å². The van der Waals surface area contributed by atoms with Crippen LogP contribution in [0.2, 0.25) is 0 Å². The number of hydrazone groups is 1. The van der Waals surface area contributed by atoms with E-state index >= 15 is 8.78 Å². The molecule has 0 unspecified atom stereocenters. The molecule has 1 aliphatic rings. The van der Waals surface area contributed by atoms with Crippen LogP contribution in [0, 0.1) is 13.8 Å². The lowest BCUT2D eigenvalue weighted by Crippen LogP contribution is -2.56. The minimum absolute atomic E-state index is 0.0602. The van der Waals surface area contributed by atoms with E-state index in [1.807, 2.05) is 31.4 Å². The van der Waals surface area contributed by atoms with Crippen LogP contribution in [0.25, 0.3) is 17.0 Å². The molecule has 1 aromatic heterocycles. The number of nitrogens with zero attached hydrogens (tertiary/aromatic N) is 3. The molecule has 0 saturated heterocycles. The molecule has 4 rings (SSSR count). The number of aromatic nitrogens is 1. The number of carbonyl (C=O) groups is 1. The van der Waals surface area contributed by atoms with Crippen molar-refractivity contribution in [3.05, 3.63) is 70.9 Å². The molecule has 4 nitrogen and oxygen atoms in total. The first-order valence-corrected chi connectivity index (χ1v) is 11.8. The number of fused-ring (bicyclic) bond motifs is 1. The monoisotopic (exact) mass is 539 g/mol. The molecule has 202 valence electrons. The number of para-hydroxylation sites is 2. The van der Waals surface area contributed by atoms with Gasteiger partial charge in [0.25, 0.3) is 5.91 Å². The summed E-state index contributed by atoms with van der Waals surface area (Å²) in [4.78, 5) is 13.3. The second-order valence-corrected chi connectivity index (χ2v) is 9.20. The molecule has 1 aliphatic heterocycles. The standard InChI is InChI=1S/C27H24F7N3O/c1-5-16(3)36-17(4)20(19-13-9-10-15(2)22(19)36)14-21-23(25(28,29)26(30,31)27(32,33)34)35-37(24(21)38)18-11-7-6-8-12-18/h6-14,16H,5H2,1-4H3/b21-14+/t16-/m1/s1. The molecule has 1 atom stereocenters. The molecule has 0 aliphatic carbocycles. The SMILES string of the molecule is CC[C@@H](C)n1c(C)c(/C=C2/C(=O)N(c3ccccc3)N=C2C(F)(F)C(F)(F)C(F)(F)F)c2cccc(C)c21. The summed E-state index contributed by atoms with van der Waals surface area (Å²) in [5, 5.41) is 4.30. The van der Waals surface area contributed by atoms with Crippen molar-refractivity contribution in [1.29, 1.82) is 0 Å². The smallest absolute Gasteiger partial charge is 0.341 e. The number of halogens is 7. The van der Waals surface area contributed by atoms with Gasteiger partial charge >= 0.3 is 18.0 Å². The molecule has 2 heterocycles. The highest BCUT2D eigenvalue weighted by Crippen LogP contribution is 2.49. The quantitative estimate of drug-likeness (QED) is 0.232. The average Bonchev–Trinajstić information content (AvgIpc) is 3.34. The first-order valence-electron chi connectivity index (χ1n) is 11.8. The van der Waals surface area contributed by atoms with E-state index in [1.165, 1.54) is 24.3 Å². The fraction of sp³-hybridized carbons (Fsp3) is 0.333. The van der Waals surface area contributed by atoms with E-state index in [1.54, 1.807) is 25.1 Å². The third kappa shape index (κ3) is 4.08. The number of alkyl halides is 7. The second-order valence-electron chi connectivity index (χ2n) is 9.20. The van der Waals surface area contributed by atoms with Crippen LogP contribution in [-0.4, -0.2) is 34.2 Å². The zero-order valence-electron chi connectivity index (χ0n) is 20.9. The van der Waals surface area contributed by atoms with Gasteiger partial charge in [0.1, 0.15) is 0 Å². The molecule has 0 bridgehead atoms. The number of amides is 1. The van der Waals surface area contributed by atoms with E-state index in [0.717, 1.165) is 17.2 Å². The fourth-order valence-electron chi connectivity index (χ4n) is 4.60. The van der Waals surface area contributed by atoms with Gasteiger partial charge < -0.3 is 4.57 Å². The minimum atomic E-state index is -6.59. The van der Waals surface area contributed by atoms with Crippen LogP contribution in [0.5, 0.6) is 0 Å². The number of hydrogen-bond acceptors (Lipinski definition) is 2. The third-order valence-electron chi connectivity index (χ3n) is 6.77. The van der Waals surface area contributed by atoms with E-state index in [0.29, 0.717) is 22.5 Å². The van der Waals surface area contributed by atoms with Gasteiger partial charge in [0.2, 0.25) is 0 Å². The van der Waals surface area contributed by atoms with Crippen LogP contribution in [0.4, 0.5) is 36.4 Å². The predicted octanol–water partition coefficient (Wildman–Crippen LogP) is 7.85. The van der Waals surface area contributed by atoms with E-state index < -0.39 is 35.2 Å². The summed E-state index contributed by atoms with van der Waals surface area (Å²) in [7, 11) is 0. The van der Waals surface area contributed by atoms with Crippen molar-refractivity contribution < 1.29 is 35.5 Å². The lowest BCUT2D eigenvalue weighted by molar-refractivity contribution is -0.336. The topological polar surface area (TPSA) is 37.6 Å². The molecular formula is C27H24F7N3O. The highest BCUT2D eigenvalue weighted by atomic mass is 19.4. The first-order chi connectivity index (χ1) is 17.6. The molecule has 0 N–H and O–H groups in total. The Morgan fingerprint density at radius 2 is 1.58 bits per heavy atom. The Hall–Kier alpha value is -3.63. The molecule has 11 heteroatoms. The second kappa shape index (κ2) is 9.28. The molecule has 0 spiro atoms. The summed E-state index contributed by atoms with van der Waals surface area (Å²) in [5.74, 6) is -13.6. The summed E-state index contributed by atoms with van der Waals surface area (Å²) >= 11 is 0. The number of rotatable bonds is 6. The van der Waals surface area contributed by atoms with E-state index in [4.69, 9.17) is 0 Å². The van der Waals surface area contributed by atoms with Crippen molar-refractivity contribution >= 4 is 34.3 Å². The van der Waals surface area contributed by atoms with Gasteiger partial charge in [0.15, 0.2) is 5.71 Å². The maximum atomic E-state index is 15.1. The van der Waals surface area contributed by atoms with Gasteiger partial charge in [0.05, 0.1) is 16.8 Å². The van der Waals surface area contributed by atoms with Gasteiger partial charge in [-0.1, -0.05) is 43.3 Å². The Morgan fingerprint density at radius 3 is 2.16 bits per heavy atom. The lowest BCUT2D eigenvalue weighted by Gasteiger charge is -2.27. The summed E-state index contributed by atoms with van der Waals surface area (Å²) in [6.45, 7) is 7.37.